The molecule has 3 heterocycles. The van der Waals surface area contributed by atoms with Crippen LogP contribution in [0.2, 0.25) is 0 Å². The number of amidine groups is 1. The van der Waals surface area contributed by atoms with Gasteiger partial charge in [-0.1, -0.05) is 0 Å². The number of hydrogen-bond acceptors (Lipinski definition) is 7. The Hall–Kier alpha value is -3.22. The van der Waals surface area contributed by atoms with Crippen LogP contribution in [0.5, 0.6) is 5.75 Å². The SMILES string of the molecule is Cc1cc(OC(F)F)cnc1C(=O)Nc1ccc(F)c([C@@]2(C)N=C(N)[C@@]3(CF)CC[C@@H]2S3(=O)=O)c1. The smallest absolute Gasteiger partial charge is 0.387 e. The summed E-state index contributed by atoms with van der Waals surface area (Å²) in [5.41, 5.74) is 4.41. The van der Waals surface area contributed by atoms with Gasteiger partial charge in [-0.3, -0.25) is 9.79 Å². The Morgan fingerprint density at radius 2 is 2.06 bits per heavy atom. The number of halogens is 4. The van der Waals surface area contributed by atoms with E-state index in [4.69, 9.17) is 5.73 Å². The number of aryl methyl sites for hydroxylation is 1. The number of ether oxygens (including phenoxy) is 1. The molecule has 3 atom stereocenters. The number of carbonyl (C=O) groups excluding carboxylic acids is 1. The molecule has 0 saturated carbocycles. The number of benzene rings is 1. The molecule has 2 aromatic rings. The first kappa shape index (κ1) is 24.9. The summed E-state index contributed by atoms with van der Waals surface area (Å²) in [6.45, 7) is -1.39. The predicted octanol–water partition coefficient (Wildman–Crippen LogP) is 3.25. The van der Waals surface area contributed by atoms with Crippen molar-refractivity contribution in [3.63, 3.8) is 0 Å². The fourth-order valence-electron chi connectivity index (χ4n) is 4.80. The van der Waals surface area contributed by atoms with Crippen LogP contribution in [0.15, 0.2) is 35.5 Å². The van der Waals surface area contributed by atoms with Gasteiger partial charge in [-0.2, -0.15) is 8.78 Å². The number of aliphatic imine (C=N–C) groups is 1. The van der Waals surface area contributed by atoms with E-state index in [9.17, 15) is 30.8 Å². The summed E-state index contributed by atoms with van der Waals surface area (Å²) >= 11 is 0. The van der Waals surface area contributed by atoms with Gasteiger partial charge in [0.1, 0.15) is 35.3 Å². The van der Waals surface area contributed by atoms with Crippen molar-refractivity contribution in [2.24, 2.45) is 10.7 Å². The summed E-state index contributed by atoms with van der Waals surface area (Å²) in [5, 5.41) is 1.33. The molecule has 2 bridgehead atoms. The zero-order valence-electron chi connectivity index (χ0n) is 18.7. The van der Waals surface area contributed by atoms with E-state index in [0.29, 0.717) is 0 Å². The minimum atomic E-state index is -4.12. The first-order valence-corrected chi connectivity index (χ1v) is 12.1. The van der Waals surface area contributed by atoms with Crippen molar-refractivity contribution in [1.82, 2.24) is 4.98 Å². The Morgan fingerprint density at radius 3 is 2.69 bits per heavy atom. The largest absolute Gasteiger partial charge is 0.433 e. The number of amides is 1. The number of fused-ring (bicyclic) bond motifs is 2. The van der Waals surface area contributed by atoms with E-state index in [1.54, 1.807) is 0 Å². The molecule has 2 aliphatic heterocycles. The van der Waals surface area contributed by atoms with Crippen LogP contribution in [-0.4, -0.2) is 48.4 Å². The van der Waals surface area contributed by atoms with E-state index in [-0.39, 0.29) is 41.1 Å². The van der Waals surface area contributed by atoms with Gasteiger partial charge in [0.25, 0.3) is 5.91 Å². The lowest BCUT2D eigenvalue weighted by molar-refractivity contribution is -0.0501. The normalized spacial score (nSPS) is 26.9. The molecular formula is C22H22F4N4O4S. The van der Waals surface area contributed by atoms with E-state index >= 15 is 0 Å². The number of nitrogens with zero attached hydrogens (tertiary/aromatic N) is 2. The Kier molecular flexibility index (Phi) is 6.02. The van der Waals surface area contributed by atoms with Crippen molar-refractivity contribution in [3.05, 3.63) is 53.1 Å². The quantitative estimate of drug-likeness (QED) is 0.571. The summed E-state index contributed by atoms with van der Waals surface area (Å²) < 4.78 is 82.2. The molecule has 0 unspecified atom stereocenters. The van der Waals surface area contributed by atoms with E-state index in [0.717, 1.165) is 12.3 Å². The molecular weight excluding hydrogens is 492 g/mol. The van der Waals surface area contributed by atoms with Crippen LogP contribution in [0.4, 0.5) is 23.2 Å². The highest BCUT2D eigenvalue weighted by atomic mass is 32.2. The van der Waals surface area contributed by atoms with Gasteiger partial charge in [-0.05, 0) is 56.5 Å². The van der Waals surface area contributed by atoms with Gasteiger partial charge >= 0.3 is 6.61 Å². The number of pyridine rings is 1. The predicted molar refractivity (Wildman–Crippen MR) is 120 cm³/mol. The maximum atomic E-state index is 15.0. The van der Waals surface area contributed by atoms with E-state index < -0.39 is 56.2 Å². The molecule has 1 amide bonds. The van der Waals surface area contributed by atoms with Crippen LogP contribution in [0.25, 0.3) is 0 Å². The Bertz CT molecular complexity index is 1340. The number of sulfone groups is 1. The minimum Gasteiger partial charge on any atom is -0.433 e. The van der Waals surface area contributed by atoms with Crippen molar-refractivity contribution >= 4 is 27.3 Å². The van der Waals surface area contributed by atoms with Crippen LogP contribution in [-0.2, 0) is 15.4 Å². The van der Waals surface area contributed by atoms with Crippen LogP contribution in [0, 0.1) is 12.7 Å². The molecule has 1 aromatic heterocycles. The Balaban J connectivity index is 1.68. The fraction of sp³-hybridized carbons (Fsp3) is 0.409. The van der Waals surface area contributed by atoms with Crippen molar-refractivity contribution in [2.75, 3.05) is 12.0 Å². The number of nitrogens with one attached hydrogen (secondary N) is 1. The highest BCUT2D eigenvalue weighted by Crippen LogP contribution is 2.52. The third-order valence-electron chi connectivity index (χ3n) is 6.65. The molecule has 1 fully saturated rings. The van der Waals surface area contributed by atoms with Gasteiger partial charge in [-0.25, -0.2) is 22.2 Å². The maximum Gasteiger partial charge on any atom is 0.387 e. The topological polar surface area (TPSA) is 124 Å². The molecule has 8 nitrogen and oxygen atoms in total. The zero-order valence-corrected chi connectivity index (χ0v) is 19.5. The number of aromatic nitrogens is 1. The second-order valence-electron chi connectivity index (χ2n) is 8.71. The first-order valence-electron chi connectivity index (χ1n) is 10.5. The number of alkyl halides is 3. The summed E-state index contributed by atoms with van der Waals surface area (Å²) in [4.78, 5) is 20.9. The molecule has 3 N–H and O–H groups in total. The van der Waals surface area contributed by atoms with Gasteiger partial charge in [-0.15, -0.1) is 0 Å². The molecule has 2 aliphatic rings. The van der Waals surface area contributed by atoms with Crippen molar-refractivity contribution in [3.8, 4) is 5.75 Å². The van der Waals surface area contributed by atoms with Crippen LogP contribution < -0.4 is 15.8 Å². The molecule has 0 aliphatic carbocycles. The van der Waals surface area contributed by atoms with Gasteiger partial charge in [0.05, 0.1) is 11.4 Å². The molecule has 0 radical (unpaired) electrons. The minimum absolute atomic E-state index is 0.0408. The molecule has 4 rings (SSSR count). The highest BCUT2D eigenvalue weighted by molar-refractivity contribution is 7.94. The standard InChI is InChI=1S/C22H22F4N4O4S/c1-11-7-13(34-20(25)26)9-28-17(11)18(31)29-12-3-4-15(24)14(8-12)21(2)16-5-6-22(10-23,19(27)30-21)35(16,32)33/h3-4,7-9,16,20H,5-6,10H2,1-2H3,(H2,27,30)(H,29,31)/t16-,21+,22-/m0/s1. The van der Waals surface area contributed by atoms with Crippen LogP contribution in [0.1, 0.15) is 41.4 Å². The van der Waals surface area contributed by atoms with E-state index in [1.807, 2.05) is 0 Å². The Morgan fingerprint density at radius 1 is 1.34 bits per heavy atom. The van der Waals surface area contributed by atoms with Crippen molar-refractivity contribution in [1.29, 1.82) is 0 Å². The third kappa shape index (κ3) is 3.81. The lowest BCUT2D eigenvalue weighted by atomic mass is 9.86. The fourth-order valence-corrected chi connectivity index (χ4v) is 7.44. The monoisotopic (exact) mass is 514 g/mol. The van der Waals surface area contributed by atoms with E-state index in [2.05, 4.69) is 20.0 Å². The van der Waals surface area contributed by atoms with Crippen molar-refractivity contribution < 1.29 is 35.5 Å². The average Bonchev–Trinajstić information content (AvgIpc) is 2.97. The molecule has 1 aromatic carbocycles. The third-order valence-corrected chi connectivity index (χ3v) is 9.71. The molecule has 13 heteroatoms. The number of rotatable bonds is 6. The van der Waals surface area contributed by atoms with Crippen LogP contribution in [0.3, 0.4) is 0 Å². The average molecular weight is 515 g/mol. The number of nitrogens with two attached hydrogens (primary N) is 1. The summed E-state index contributed by atoms with van der Waals surface area (Å²) in [5.74, 6) is -2.12. The second-order valence-corrected chi connectivity index (χ2v) is 11.1. The lowest BCUT2D eigenvalue weighted by Gasteiger charge is -2.39. The molecule has 0 spiro atoms. The van der Waals surface area contributed by atoms with Gasteiger partial charge in [0.2, 0.25) is 0 Å². The lowest BCUT2D eigenvalue weighted by Crippen LogP contribution is -2.58. The summed E-state index contributed by atoms with van der Waals surface area (Å²) in [6.07, 6.45) is 0.946. The van der Waals surface area contributed by atoms with Crippen LogP contribution >= 0.6 is 0 Å². The maximum absolute atomic E-state index is 15.0. The molecule has 188 valence electrons. The highest BCUT2D eigenvalue weighted by Gasteiger charge is 2.65. The van der Waals surface area contributed by atoms with Gasteiger partial charge in [0, 0.05) is 11.3 Å². The summed E-state index contributed by atoms with van der Waals surface area (Å²) in [6, 6.07) is 4.76. The van der Waals surface area contributed by atoms with Gasteiger partial charge < -0.3 is 15.8 Å². The summed E-state index contributed by atoms with van der Waals surface area (Å²) in [7, 11) is -4.12. The number of hydrogen-bond donors (Lipinski definition) is 2. The van der Waals surface area contributed by atoms with Crippen molar-refractivity contribution in [2.45, 2.75) is 48.8 Å². The second kappa shape index (κ2) is 8.47. The number of anilines is 1. The number of carbonyl (C=O) groups is 1. The van der Waals surface area contributed by atoms with Gasteiger partial charge in [0.15, 0.2) is 14.6 Å². The Labute approximate surface area is 198 Å². The zero-order chi connectivity index (χ0) is 25.8. The van der Waals surface area contributed by atoms with E-state index in [1.165, 1.54) is 32.0 Å². The molecule has 1 saturated heterocycles. The first-order chi connectivity index (χ1) is 16.4. The molecule has 35 heavy (non-hydrogen) atoms.